The number of aromatic nitrogens is 1. The number of fused-ring (bicyclic) bond motifs is 2. The number of phenolic OH excluding ortho intramolecular Hbond substituents is 1. The van der Waals surface area contributed by atoms with Crippen LogP contribution in [0.4, 0.5) is 5.69 Å². The van der Waals surface area contributed by atoms with Crippen LogP contribution in [-0.2, 0) is 23.8 Å². The molecule has 4 N–H and O–H groups in total. The van der Waals surface area contributed by atoms with E-state index in [1.165, 1.54) is 53.2 Å². The van der Waals surface area contributed by atoms with Gasteiger partial charge in [0.15, 0.2) is 11.3 Å². The van der Waals surface area contributed by atoms with Crippen molar-refractivity contribution >= 4 is 45.2 Å². The molecule has 4 aliphatic rings. The topological polar surface area (TPSA) is 213 Å². The molecule has 0 saturated carbocycles. The van der Waals surface area contributed by atoms with E-state index in [-0.39, 0.29) is 55.9 Å². The molecular formula is C49H62N3O13+. The van der Waals surface area contributed by atoms with Crippen molar-refractivity contribution in [3.63, 3.8) is 0 Å². The largest absolute Gasteiger partial charge is 0.507 e. The normalized spacial score (nSPS) is 28.7. The molecule has 9 atom stereocenters. The van der Waals surface area contributed by atoms with Crippen molar-refractivity contribution in [3.8, 4) is 28.7 Å². The lowest BCUT2D eigenvalue weighted by atomic mass is 9.78. The zero-order valence-electron chi connectivity index (χ0n) is 39.2. The number of nitrogens with one attached hydrogen (secondary N) is 1. The first-order valence-corrected chi connectivity index (χ1v) is 21.9. The summed E-state index contributed by atoms with van der Waals surface area (Å²) in [6.45, 7) is 16.8. The van der Waals surface area contributed by atoms with Gasteiger partial charge in [0.25, 0.3) is 11.7 Å². The van der Waals surface area contributed by atoms with E-state index in [9.17, 15) is 34.5 Å². The number of ketones is 1. The number of benzene rings is 3. The van der Waals surface area contributed by atoms with Crippen molar-refractivity contribution < 1.29 is 62.3 Å². The number of nitrogens with zero attached hydrogens (tertiary/aromatic N) is 2. The summed E-state index contributed by atoms with van der Waals surface area (Å²) in [6.07, 6.45) is 3.60. The van der Waals surface area contributed by atoms with Gasteiger partial charge >= 0.3 is 11.8 Å². The molecule has 1 amide bonds. The van der Waals surface area contributed by atoms with Crippen LogP contribution < -0.4 is 20.2 Å². The molecule has 3 aliphatic heterocycles. The number of likely N-dealkylation sites (N-methyl/N-ethyl adjacent to an activating group) is 1. The maximum Gasteiger partial charge on any atom is 0.312 e. The third kappa shape index (κ3) is 9.48. The molecule has 0 radical (unpaired) electrons. The SMILES string of the molecule is CC[N+](C)(C)CCOc1ccc2oc3c4c(=O)c5c(O)c(C)c6c(c5c-3nc2c1)C(=O)[C@@](C)(O/C=C/[C@H](OC)[C@@H](C)[C@@H](OC(C)=O)[C@H](C)[C@H](O)[C@H](C)[C@@H](O)[C@@H](C)/C=C/C=C(/C)C(=O)N4)O6. The van der Waals surface area contributed by atoms with E-state index >= 15 is 0 Å². The third-order valence-electron chi connectivity index (χ3n) is 13.1. The van der Waals surface area contributed by atoms with Crippen LogP contribution in [0.1, 0.15) is 71.3 Å². The summed E-state index contributed by atoms with van der Waals surface area (Å²) in [5, 5.41) is 37.1. The van der Waals surface area contributed by atoms with Crippen molar-refractivity contribution in [2.24, 2.45) is 23.7 Å². The number of ether oxygens (including phenoxy) is 5. The maximum atomic E-state index is 14.8. The lowest BCUT2D eigenvalue weighted by Gasteiger charge is -2.38. The van der Waals surface area contributed by atoms with Crippen LogP contribution >= 0.6 is 0 Å². The molecule has 2 aromatic carbocycles. The predicted octanol–water partition coefficient (Wildman–Crippen LogP) is 6.42. The fourth-order valence-electron chi connectivity index (χ4n) is 8.44. The number of carbonyl (C=O) groups excluding carboxylic acids is 3. The molecular weight excluding hydrogens is 839 g/mol. The van der Waals surface area contributed by atoms with Gasteiger partial charge in [0, 0.05) is 67.2 Å². The number of aromatic hydroxyl groups is 1. The number of amides is 1. The number of rotatable bonds is 7. The van der Waals surface area contributed by atoms with Crippen LogP contribution in [0.5, 0.6) is 17.2 Å². The Hall–Kier alpha value is -5.81. The zero-order chi connectivity index (χ0) is 47.9. The molecule has 1 aliphatic carbocycles. The minimum absolute atomic E-state index is 0.0272. The maximum absolute atomic E-state index is 14.8. The van der Waals surface area contributed by atoms with Gasteiger partial charge in [-0.2, -0.15) is 0 Å². The Kier molecular flexibility index (Phi) is 14.2. The Morgan fingerprint density at radius 1 is 1.00 bits per heavy atom. The second kappa shape index (κ2) is 19.0. The minimum atomic E-state index is -2.04. The number of hydrogen-bond donors (Lipinski definition) is 4. The molecule has 0 fully saturated rings. The van der Waals surface area contributed by atoms with Gasteiger partial charge in [-0.15, -0.1) is 0 Å². The fourth-order valence-corrected chi connectivity index (χ4v) is 8.44. The van der Waals surface area contributed by atoms with E-state index in [0.29, 0.717) is 17.9 Å². The van der Waals surface area contributed by atoms with Gasteiger partial charge < -0.3 is 53.2 Å². The van der Waals surface area contributed by atoms with Gasteiger partial charge in [-0.05, 0) is 39.0 Å². The molecule has 0 spiro atoms. The smallest absolute Gasteiger partial charge is 0.312 e. The fraction of sp³-hybridized carbons (Fsp3) is 0.490. The summed E-state index contributed by atoms with van der Waals surface area (Å²) in [6, 6.07) is 5.01. The summed E-state index contributed by atoms with van der Waals surface area (Å²) in [5.74, 6) is -6.76. The van der Waals surface area contributed by atoms with Gasteiger partial charge in [0.2, 0.25) is 5.43 Å². The number of quaternary nitrogens is 1. The molecule has 0 saturated heterocycles. The van der Waals surface area contributed by atoms with E-state index in [1.807, 2.05) is 0 Å². The van der Waals surface area contributed by atoms with Crippen molar-refractivity contribution in [2.45, 2.75) is 92.5 Å². The van der Waals surface area contributed by atoms with Crippen molar-refractivity contribution in [3.05, 3.63) is 75.7 Å². The summed E-state index contributed by atoms with van der Waals surface area (Å²) < 4.78 is 37.2. The summed E-state index contributed by atoms with van der Waals surface area (Å²) in [7, 11) is 5.65. The molecule has 16 heteroatoms. The minimum Gasteiger partial charge on any atom is -0.507 e. The molecule has 2 aromatic rings. The first-order chi connectivity index (χ1) is 30.5. The highest BCUT2D eigenvalue weighted by Crippen LogP contribution is 2.50. The summed E-state index contributed by atoms with van der Waals surface area (Å²) in [4.78, 5) is 60.7. The molecule has 3 heterocycles. The number of anilines is 1. The molecule has 4 bridgehead atoms. The monoisotopic (exact) mass is 900 g/mol. The number of methoxy groups -OCH3 is 1. The quantitative estimate of drug-likeness (QED) is 0.0682. The van der Waals surface area contributed by atoms with Crippen LogP contribution in [0.25, 0.3) is 33.3 Å². The van der Waals surface area contributed by atoms with Crippen LogP contribution in [-0.4, -0.2) is 114 Å². The first-order valence-electron chi connectivity index (χ1n) is 21.9. The van der Waals surface area contributed by atoms with Gasteiger partial charge in [-0.1, -0.05) is 45.9 Å². The van der Waals surface area contributed by atoms with Crippen LogP contribution in [0.3, 0.4) is 0 Å². The van der Waals surface area contributed by atoms with Crippen molar-refractivity contribution in [1.29, 1.82) is 0 Å². The Morgan fingerprint density at radius 3 is 2.37 bits per heavy atom. The number of aliphatic hydroxyl groups excluding tert-OH is 2. The Bertz CT molecular complexity index is 2610. The lowest BCUT2D eigenvalue weighted by molar-refractivity contribution is -0.888. The second-order valence-corrected chi connectivity index (χ2v) is 18.2. The Balaban J connectivity index is 1.57. The number of hydrogen-bond acceptors (Lipinski definition) is 14. The molecule has 16 nitrogen and oxygen atoms in total. The van der Waals surface area contributed by atoms with Gasteiger partial charge in [0.05, 0.1) is 56.2 Å². The van der Waals surface area contributed by atoms with Crippen LogP contribution in [0, 0.1) is 30.6 Å². The Morgan fingerprint density at radius 2 is 1.71 bits per heavy atom. The average molecular weight is 901 g/mol. The second-order valence-electron chi connectivity index (χ2n) is 18.2. The molecule has 0 aromatic heterocycles. The standard InChI is InChI=1S/C49H61N3O13/c1-13-52(10,11)20-22-61-31-17-18-34-32(23-31)50-38-35-36-42(56)29(7)45-37(35)47(58)49(9,65-45)62-21-19-33(60-12)26(4)44(63-30(8)53)28(6)41(55)27(5)40(54)24(2)15-14-16-25(3)48(59)51-39(43(36)57)46(38)64-34/h14-19,21,23-24,26-28,33,40-41,44,54-55H,13,20,22H2,1-12H3,(H-,50,51,56,57,58,59)/p+1/b15-14+,21-19+,25-16-/t24-,26+,27+,28+,33-,40-,41+,44+,49-/m0/s1. The number of aliphatic hydroxyl groups is 2. The van der Waals surface area contributed by atoms with Gasteiger partial charge in [-0.3, -0.25) is 19.2 Å². The predicted molar refractivity (Wildman–Crippen MR) is 244 cm³/mol. The number of Topliss-reactive ketones (excluding diaryl/α,β-unsaturated/α-hetero) is 1. The number of phenols is 1. The van der Waals surface area contributed by atoms with Gasteiger partial charge in [0.1, 0.15) is 53.4 Å². The highest BCUT2D eigenvalue weighted by atomic mass is 16.7. The van der Waals surface area contributed by atoms with E-state index < -0.39 is 82.7 Å². The lowest BCUT2D eigenvalue weighted by Crippen LogP contribution is -2.46. The van der Waals surface area contributed by atoms with Crippen molar-refractivity contribution in [1.82, 2.24) is 4.98 Å². The summed E-state index contributed by atoms with van der Waals surface area (Å²) in [5.41, 5.74) is -0.539. The van der Waals surface area contributed by atoms with E-state index in [4.69, 9.17) is 33.1 Å². The zero-order valence-corrected chi connectivity index (χ0v) is 39.2. The molecule has 65 heavy (non-hydrogen) atoms. The van der Waals surface area contributed by atoms with Gasteiger partial charge in [-0.25, -0.2) is 4.98 Å². The molecule has 0 unspecified atom stereocenters. The average Bonchev–Trinajstić information content (AvgIpc) is 3.53. The number of esters is 1. The van der Waals surface area contributed by atoms with E-state index in [0.717, 1.165) is 17.6 Å². The molecule has 350 valence electrons. The highest BCUT2D eigenvalue weighted by Gasteiger charge is 2.50. The summed E-state index contributed by atoms with van der Waals surface area (Å²) >= 11 is 0. The van der Waals surface area contributed by atoms with E-state index in [1.54, 1.807) is 58.0 Å². The number of allylic oxidation sites excluding steroid dienone is 2. The van der Waals surface area contributed by atoms with Crippen LogP contribution in [0.2, 0.25) is 0 Å². The number of carbonyl (C=O) groups is 3. The first kappa shape index (κ1) is 48.6. The Labute approximate surface area is 378 Å². The highest BCUT2D eigenvalue weighted by molar-refractivity contribution is 6.22. The van der Waals surface area contributed by atoms with Crippen LogP contribution in [0.15, 0.2) is 63.6 Å². The van der Waals surface area contributed by atoms with E-state index in [2.05, 4.69) is 26.3 Å². The molecule has 6 rings (SSSR count). The van der Waals surface area contributed by atoms with Crippen molar-refractivity contribution in [2.75, 3.05) is 46.2 Å². The third-order valence-corrected chi connectivity index (χ3v) is 13.1.